The summed E-state index contributed by atoms with van der Waals surface area (Å²) in [5.74, 6) is -0.557. The molecule has 0 bridgehead atoms. The molecule has 6 nitrogen and oxygen atoms in total. The van der Waals surface area contributed by atoms with E-state index in [-0.39, 0.29) is 11.8 Å². The lowest BCUT2D eigenvalue weighted by atomic mass is 10.2. The third-order valence-electron chi connectivity index (χ3n) is 2.23. The maximum atomic E-state index is 11.7. The summed E-state index contributed by atoms with van der Waals surface area (Å²) in [6, 6.07) is 1.56. The fourth-order valence-corrected chi connectivity index (χ4v) is 1.33. The first-order valence-corrected chi connectivity index (χ1v) is 5.37. The van der Waals surface area contributed by atoms with Gasteiger partial charge in [-0.15, -0.1) is 0 Å². The zero-order chi connectivity index (χ0) is 12.7. The lowest BCUT2D eigenvalue weighted by Crippen LogP contribution is -2.25. The highest BCUT2D eigenvalue weighted by molar-refractivity contribution is 5.98. The Morgan fingerprint density at radius 3 is 2.76 bits per heavy atom. The summed E-state index contributed by atoms with van der Waals surface area (Å²) in [6.45, 7) is 0.494. The summed E-state index contributed by atoms with van der Waals surface area (Å²) in [4.78, 5) is 25.9. The number of nitrogen functional groups attached to an aromatic ring is 1. The number of pyridine rings is 1. The largest absolute Gasteiger partial charge is 0.397 e. The Balaban J connectivity index is 2.31. The van der Waals surface area contributed by atoms with Crippen LogP contribution < -0.4 is 16.8 Å². The maximum Gasteiger partial charge on any atom is 0.253 e. The number of carbonyl (C=O) groups is 2. The number of rotatable bonds is 6. The van der Waals surface area contributed by atoms with E-state index < -0.39 is 0 Å². The zero-order valence-corrected chi connectivity index (χ0v) is 9.48. The van der Waals surface area contributed by atoms with Crippen molar-refractivity contribution in [1.82, 2.24) is 10.3 Å². The SMILES string of the molecule is NC(=O)CCCCNC(=O)c1ccncc1N. The van der Waals surface area contributed by atoms with E-state index in [0.717, 1.165) is 0 Å². The summed E-state index contributed by atoms with van der Waals surface area (Å²) < 4.78 is 0. The van der Waals surface area contributed by atoms with E-state index in [1.165, 1.54) is 12.4 Å². The second-order valence-corrected chi connectivity index (χ2v) is 3.64. The number of nitrogens with zero attached hydrogens (tertiary/aromatic N) is 1. The number of amides is 2. The smallest absolute Gasteiger partial charge is 0.253 e. The van der Waals surface area contributed by atoms with Crippen molar-refractivity contribution in [3.63, 3.8) is 0 Å². The van der Waals surface area contributed by atoms with Crippen LogP contribution in [0, 0.1) is 0 Å². The van der Waals surface area contributed by atoms with Gasteiger partial charge in [-0.1, -0.05) is 0 Å². The number of carbonyl (C=O) groups excluding carboxylic acids is 2. The molecule has 2 amide bonds. The molecule has 0 saturated carbocycles. The molecule has 0 aliphatic rings. The van der Waals surface area contributed by atoms with Crippen molar-refractivity contribution in [2.45, 2.75) is 19.3 Å². The van der Waals surface area contributed by atoms with E-state index in [0.29, 0.717) is 37.1 Å². The molecule has 1 rings (SSSR count). The minimum absolute atomic E-state index is 0.232. The highest BCUT2D eigenvalue weighted by atomic mass is 16.2. The van der Waals surface area contributed by atoms with Crippen molar-refractivity contribution in [3.05, 3.63) is 24.0 Å². The minimum atomic E-state index is -0.324. The second-order valence-electron chi connectivity index (χ2n) is 3.64. The number of nitrogens with one attached hydrogen (secondary N) is 1. The minimum Gasteiger partial charge on any atom is -0.397 e. The molecule has 0 aromatic carbocycles. The Kier molecular flexibility index (Phi) is 4.93. The molecule has 1 aromatic rings. The van der Waals surface area contributed by atoms with E-state index in [1.54, 1.807) is 6.07 Å². The van der Waals surface area contributed by atoms with Gasteiger partial charge in [-0.2, -0.15) is 0 Å². The molecule has 92 valence electrons. The lowest BCUT2D eigenvalue weighted by molar-refractivity contribution is -0.118. The molecular weight excluding hydrogens is 220 g/mol. The highest BCUT2D eigenvalue weighted by Crippen LogP contribution is 2.07. The number of unbranched alkanes of at least 4 members (excludes halogenated alkanes) is 1. The highest BCUT2D eigenvalue weighted by Gasteiger charge is 2.07. The summed E-state index contributed by atoms with van der Waals surface area (Å²) in [7, 11) is 0. The van der Waals surface area contributed by atoms with Gasteiger partial charge in [-0.3, -0.25) is 14.6 Å². The molecule has 0 unspecified atom stereocenters. The van der Waals surface area contributed by atoms with E-state index in [2.05, 4.69) is 10.3 Å². The van der Waals surface area contributed by atoms with Crippen LogP contribution in [-0.4, -0.2) is 23.3 Å². The Bertz CT molecular complexity index is 406. The normalized spacial score (nSPS) is 9.88. The molecule has 6 heteroatoms. The first kappa shape index (κ1) is 13.0. The fraction of sp³-hybridized carbons (Fsp3) is 0.364. The second kappa shape index (κ2) is 6.47. The molecule has 0 saturated heterocycles. The predicted octanol–water partition coefficient (Wildman–Crippen LogP) is 0.0492. The number of nitrogens with two attached hydrogens (primary N) is 2. The summed E-state index contributed by atoms with van der Waals surface area (Å²) >= 11 is 0. The van der Waals surface area contributed by atoms with Crippen LogP contribution in [0.1, 0.15) is 29.6 Å². The van der Waals surface area contributed by atoms with E-state index in [9.17, 15) is 9.59 Å². The lowest BCUT2D eigenvalue weighted by Gasteiger charge is -2.06. The summed E-state index contributed by atoms with van der Waals surface area (Å²) in [5.41, 5.74) is 11.4. The van der Waals surface area contributed by atoms with Crippen LogP contribution in [0.25, 0.3) is 0 Å². The number of hydrogen-bond acceptors (Lipinski definition) is 4. The first-order chi connectivity index (χ1) is 8.11. The average molecular weight is 236 g/mol. The quantitative estimate of drug-likeness (QED) is 0.606. The predicted molar refractivity (Wildman–Crippen MR) is 64.0 cm³/mol. The monoisotopic (exact) mass is 236 g/mol. The van der Waals surface area contributed by atoms with Gasteiger partial charge in [-0.05, 0) is 18.9 Å². The molecule has 1 aromatic heterocycles. The van der Waals surface area contributed by atoms with E-state index in [4.69, 9.17) is 11.5 Å². The van der Waals surface area contributed by atoms with Gasteiger partial charge in [0.05, 0.1) is 17.4 Å². The molecular formula is C11H16N4O2. The molecule has 0 aliphatic carbocycles. The molecule has 0 fully saturated rings. The third-order valence-corrected chi connectivity index (χ3v) is 2.23. The molecule has 0 aliphatic heterocycles. The van der Waals surface area contributed by atoms with Gasteiger partial charge in [0, 0.05) is 19.2 Å². The Morgan fingerprint density at radius 2 is 2.12 bits per heavy atom. The molecule has 0 atom stereocenters. The molecule has 5 N–H and O–H groups in total. The van der Waals surface area contributed by atoms with Gasteiger partial charge in [0.1, 0.15) is 0 Å². The molecule has 17 heavy (non-hydrogen) atoms. The number of hydrogen-bond donors (Lipinski definition) is 3. The van der Waals surface area contributed by atoms with Crippen LogP contribution in [0.3, 0.4) is 0 Å². The van der Waals surface area contributed by atoms with Crippen molar-refractivity contribution in [1.29, 1.82) is 0 Å². The molecule has 0 radical (unpaired) electrons. The van der Waals surface area contributed by atoms with Crippen LogP contribution in [0.4, 0.5) is 5.69 Å². The molecule has 1 heterocycles. The Labute approximate surface area is 99.4 Å². The van der Waals surface area contributed by atoms with Gasteiger partial charge in [0.2, 0.25) is 5.91 Å². The van der Waals surface area contributed by atoms with Crippen molar-refractivity contribution in [2.24, 2.45) is 5.73 Å². The van der Waals surface area contributed by atoms with Crippen molar-refractivity contribution >= 4 is 17.5 Å². The van der Waals surface area contributed by atoms with Crippen LogP contribution in [0.2, 0.25) is 0 Å². The number of primary amides is 1. The van der Waals surface area contributed by atoms with Crippen LogP contribution in [0.5, 0.6) is 0 Å². The average Bonchev–Trinajstić information content (AvgIpc) is 2.28. The van der Waals surface area contributed by atoms with Crippen molar-refractivity contribution in [3.8, 4) is 0 Å². The first-order valence-electron chi connectivity index (χ1n) is 5.37. The maximum absolute atomic E-state index is 11.7. The summed E-state index contributed by atoms with van der Waals surface area (Å²) in [6.07, 6.45) is 4.66. The van der Waals surface area contributed by atoms with Gasteiger partial charge in [0.15, 0.2) is 0 Å². The number of aromatic nitrogens is 1. The van der Waals surface area contributed by atoms with Gasteiger partial charge >= 0.3 is 0 Å². The van der Waals surface area contributed by atoms with E-state index in [1.807, 2.05) is 0 Å². The van der Waals surface area contributed by atoms with Crippen molar-refractivity contribution < 1.29 is 9.59 Å². The zero-order valence-electron chi connectivity index (χ0n) is 9.48. The fourth-order valence-electron chi connectivity index (χ4n) is 1.33. The van der Waals surface area contributed by atoms with Crippen LogP contribution >= 0.6 is 0 Å². The Hall–Kier alpha value is -2.11. The van der Waals surface area contributed by atoms with Gasteiger partial charge in [0.25, 0.3) is 5.91 Å². The van der Waals surface area contributed by atoms with Crippen LogP contribution in [-0.2, 0) is 4.79 Å². The van der Waals surface area contributed by atoms with Gasteiger partial charge < -0.3 is 16.8 Å². The van der Waals surface area contributed by atoms with Crippen molar-refractivity contribution in [2.75, 3.05) is 12.3 Å². The summed E-state index contributed by atoms with van der Waals surface area (Å²) in [5, 5.41) is 2.71. The van der Waals surface area contributed by atoms with E-state index >= 15 is 0 Å². The number of anilines is 1. The van der Waals surface area contributed by atoms with Crippen LogP contribution in [0.15, 0.2) is 18.5 Å². The standard InChI is InChI=1S/C11H16N4O2/c12-9-7-14-6-4-8(9)11(17)15-5-2-1-3-10(13)16/h4,6-7H,1-3,5,12H2,(H2,13,16)(H,15,17). The van der Waals surface area contributed by atoms with Gasteiger partial charge in [-0.25, -0.2) is 0 Å². The Morgan fingerprint density at radius 1 is 1.35 bits per heavy atom. The molecule has 0 spiro atoms. The third kappa shape index (κ3) is 4.50. The topological polar surface area (TPSA) is 111 Å².